The molecule has 19 heavy (non-hydrogen) atoms. The molecule has 1 aromatic carbocycles. The molecule has 0 fully saturated rings. The second-order valence-corrected chi connectivity index (χ2v) is 5.04. The van der Waals surface area contributed by atoms with E-state index in [1.165, 1.54) is 6.07 Å². The smallest absolute Gasteiger partial charge is 0.248 e. The number of hydrogen-bond acceptors (Lipinski definition) is 2. The minimum Gasteiger partial charge on any atom is -0.325 e. The largest absolute Gasteiger partial charge is 0.325 e. The zero-order valence-electron chi connectivity index (χ0n) is 9.51. The number of rotatable bonds is 2. The Morgan fingerprint density at radius 2 is 1.79 bits per heavy atom. The van der Waals surface area contributed by atoms with Gasteiger partial charge >= 0.3 is 0 Å². The standard InChI is InChI=1S/C13H7Cl3N2O/c14-7-5-9(15)13(10(16)6-7)8-1-2-12(19)18-11(8)3-4-17/h1-2,5-6H,3H2,(H,18,19). The number of halogens is 3. The van der Waals surface area contributed by atoms with Crippen LogP contribution in [-0.2, 0) is 6.42 Å². The van der Waals surface area contributed by atoms with E-state index in [1.54, 1.807) is 18.2 Å². The highest BCUT2D eigenvalue weighted by atomic mass is 35.5. The van der Waals surface area contributed by atoms with E-state index in [1.807, 2.05) is 6.07 Å². The second-order valence-electron chi connectivity index (χ2n) is 3.79. The predicted octanol–water partition coefficient (Wildman–Crippen LogP) is 4.07. The topological polar surface area (TPSA) is 56.6 Å². The van der Waals surface area contributed by atoms with Gasteiger partial charge in [-0.15, -0.1) is 0 Å². The summed E-state index contributed by atoms with van der Waals surface area (Å²) in [6.45, 7) is 0. The molecule has 0 amide bonds. The molecule has 96 valence electrons. The molecule has 3 nitrogen and oxygen atoms in total. The van der Waals surface area contributed by atoms with Crippen LogP contribution in [0.2, 0.25) is 15.1 Å². The first-order valence-electron chi connectivity index (χ1n) is 5.27. The minimum atomic E-state index is -0.282. The van der Waals surface area contributed by atoms with E-state index in [9.17, 15) is 4.79 Å². The molecule has 6 heteroatoms. The molecule has 2 aromatic rings. The lowest BCUT2D eigenvalue weighted by atomic mass is 10.0. The Balaban J connectivity index is 2.72. The number of aromatic amines is 1. The zero-order valence-corrected chi connectivity index (χ0v) is 11.8. The van der Waals surface area contributed by atoms with Crippen LogP contribution in [0, 0.1) is 11.3 Å². The third kappa shape index (κ3) is 2.93. The molecule has 1 N–H and O–H groups in total. The number of nitrogens with zero attached hydrogens (tertiary/aromatic N) is 1. The van der Waals surface area contributed by atoms with Crippen molar-refractivity contribution in [3.8, 4) is 17.2 Å². The van der Waals surface area contributed by atoms with Gasteiger partial charge in [-0.05, 0) is 18.2 Å². The van der Waals surface area contributed by atoms with Gasteiger partial charge in [-0.1, -0.05) is 34.8 Å². The lowest BCUT2D eigenvalue weighted by molar-refractivity contribution is 1.08. The number of aromatic nitrogens is 1. The summed E-state index contributed by atoms with van der Waals surface area (Å²) in [6.07, 6.45) is 0.0562. The quantitative estimate of drug-likeness (QED) is 0.908. The van der Waals surface area contributed by atoms with E-state index in [-0.39, 0.29) is 12.0 Å². The van der Waals surface area contributed by atoms with Gasteiger partial charge in [0.25, 0.3) is 0 Å². The number of hydrogen-bond donors (Lipinski definition) is 1. The van der Waals surface area contributed by atoms with E-state index < -0.39 is 0 Å². The van der Waals surface area contributed by atoms with Gasteiger partial charge in [-0.3, -0.25) is 4.79 Å². The molecule has 0 spiro atoms. The summed E-state index contributed by atoms with van der Waals surface area (Å²) in [7, 11) is 0. The molecule has 0 aliphatic carbocycles. The molecule has 0 aliphatic heterocycles. The fraction of sp³-hybridized carbons (Fsp3) is 0.0769. The summed E-state index contributed by atoms with van der Waals surface area (Å²) in [4.78, 5) is 13.9. The van der Waals surface area contributed by atoms with Gasteiger partial charge in [-0.25, -0.2) is 0 Å². The number of H-pyrrole nitrogens is 1. The first-order valence-corrected chi connectivity index (χ1v) is 6.40. The molecular weight excluding hydrogens is 307 g/mol. The van der Waals surface area contributed by atoms with Crippen molar-refractivity contribution < 1.29 is 0 Å². The first-order chi connectivity index (χ1) is 9.02. The molecule has 0 radical (unpaired) electrons. The normalized spacial score (nSPS) is 10.2. The molecule has 2 rings (SSSR count). The van der Waals surface area contributed by atoms with Crippen molar-refractivity contribution in [1.82, 2.24) is 4.98 Å². The second kappa shape index (κ2) is 5.66. The average molecular weight is 314 g/mol. The molecule has 1 heterocycles. The Morgan fingerprint density at radius 1 is 1.16 bits per heavy atom. The lowest BCUT2D eigenvalue weighted by Crippen LogP contribution is -2.08. The van der Waals surface area contributed by atoms with E-state index >= 15 is 0 Å². The van der Waals surface area contributed by atoms with Crippen molar-refractivity contribution in [2.45, 2.75) is 6.42 Å². The van der Waals surface area contributed by atoms with Crippen molar-refractivity contribution in [3.63, 3.8) is 0 Å². The number of pyridine rings is 1. The van der Waals surface area contributed by atoms with Gasteiger partial charge in [0.1, 0.15) is 0 Å². The van der Waals surface area contributed by atoms with Gasteiger partial charge in [0, 0.05) is 27.9 Å². The fourth-order valence-electron chi connectivity index (χ4n) is 1.77. The summed E-state index contributed by atoms with van der Waals surface area (Å²) in [5.41, 5.74) is 1.36. The minimum absolute atomic E-state index is 0.0562. The van der Waals surface area contributed by atoms with Gasteiger partial charge in [-0.2, -0.15) is 5.26 Å². The van der Waals surface area contributed by atoms with Gasteiger partial charge in [0.2, 0.25) is 5.56 Å². The molecular formula is C13H7Cl3N2O. The molecule has 1 aromatic heterocycles. The molecule has 0 aliphatic rings. The van der Waals surface area contributed by atoms with Crippen LogP contribution in [0.15, 0.2) is 29.1 Å². The summed E-state index contributed by atoms with van der Waals surface area (Å²) >= 11 is 18.1. The van der Waals surface area contributed by atoms with Crippen molar-refractivity contribution in [3.05, 3.63) is 55.4 Å². The van der Waals surface area contributed by atoms with Crippen LogP contribution in [0.25, 0.3) is 11.1 Å². The third-order valence-corrected chi connectivity index (χ3v) is 3.35. The van der Waals surface area contributed by atoms with Gasteiger partial charge in [0.15, 0.2) is 0 Å². The van der Waals surface area contributed by atoms with Crippen LogP contribution in [0.5, 0.6) is 0 Å². The summed E-state index contributed by atoms with van der Waals surface area (Å²) in [5.74, 6) is 0. The molecule has 0 bridgehead atoms. The SMILES string of the molecule is N#CCc1[nH]c(=O)ccc1-c1c(Cl)cc(Cl)cc1Cl. The van der Waals surface area contributed by atoms with Crippen LogP contribution < -0.4 is 5.56 Å². The maximum absolute atomic E-state index is 11.3. The summed E-state index contributed by atoms with van der Waals surface area (Å²) in [5, 5.41) is 9.96. The van der Waals surface area contributed by atoms with E-state index in [0.29, 0.717) is 31.9 Å². The maximum Gasteiger partial charge on any atom is 0.248 e. The number of benzene rings is 1. The Morgan fingerprint density at radius 3 is 2.37 bits per heavy atom. The molecule has 0 saturated carbocycles. The van der Waals surface area contributed by atoms with Crippen LogP contribution in [0.4, 0.5) is 0 Å². The van der Waals surface area contributed by atoms with Crippen LogP contribution in [-0.4, -0.2) is 4.98 Å². The Kier molecular flexibility index (Phi) is 4.16. The average Bonchev–Trinajstić information content (AvgIpc) is 2.31. The predicted molar refractivity (Wildman–Crippen MR) is 76.8 cm³/mol. The van der Waals surface area contributed by atoms with Crippen LogP contribution in [0.3, 0.4) is 0 Å². The van der Waals surface area contributed by atoms with Crippen molar-refractivity contribution >= 4 is 34.8 Å². The lowest BCUT2D eigenvalue weighted by Gasteiger charge is -2.11. The van der Waals surface area contributed by atoms with Crippen molar-refractivity contribution in [2.24, 2.45) is 0 Å². The zero-order chi connectivity index (χ0) is 14.0. The van der Waals surface area contributed by atoms with E-state index in [4.69, 9.17) is 40.1 Å². The Bertz CT molecular complexity index is 708. The highest BCUT2D eigenvalue weighted by molar-refractivity contribution is 6.41. The molecule has 0 atom stereocenters. The molecule has 0 saturated heterocycles. The fourth-order valence-corrected chi connectivity index (χ4v) is 2.79. The first kappa shape index (κ1) is 14.0. The van der Waals surface area contributed by atoms with Crippen molar-refractivity contribution in [1.29, 1.82) is 5.26 Å². The molecule has 0 unspecified atom stereocenters. The third-order valence-electron chi connectivity index (χ3n) is 2.53. The summed E-state index contributed by atoms with van der Waals surface area (Å²) < 4.78 is 0. The number of nitrogens with one attached hydrogen (secondary N) is 1. The van der Waals surface area contributed by atoms with Crippen LogP contribution >= 0.6 is 34.8 Å². The monoisotopic (exact) mass is 312 g/mol. The highest BCUT2D eigenvalue weighted by Crippen LogP contribution is 2.38. The summed E-state index contributed by atoms with van der Waals surface area (Å²) in [6, 6.07) is 8.06. The van der Waals surface area contributed by atoms with Crippen molar-refractivity contribution in [2.75, 3.05) is 0 Å². The number of nitriles is 1. The van der Waals surface area contributed by atoms with E-state index in [0.717, 1.165) is 0 Å². The Hall–Kier alpha value is -1.47. The van der Waals surface area contributed by atoms with Gasteiger partial charge in [0.05, 0.1) is 22.5 Å². The Labute approximate surface area is 124 Å². The van der Waals surface area contributed by atoms with E-state index in [2.05, 4.69) is 4.98 Å². The highest BCUT2D eigenvalue weighted by Gasteiger charge is 2.14. The van der Waals surface area contributed by atoms with Gasteiger partial charge < -0.3 is 4.98 Å². The maximum atomic E-state index is 11.3. The van der Waals surface area contributed by atoms with Crippen LogP contribution in [0.1, 0.15) is 5.69 Å².